The molecule has 0 atom stereocenters. The van der Waals surface area contributed by atoms with Gasteiger partial charge in [0, 0.05) is 34.4 Å². The normalized spacial score (nSPS) is 19.7. The van der Waals surface area contributed by atoms with E-state index in [4.69, 9.17) is 0 Å². The molecule has 1 aliphatic carbocycles. The summed E-state index contributed by atoms with van der Waals surface area (Å²) in [4.78, 5) is 7.69. The molecule has 0 aromatic carbocycles. The summed E-state index contributed by atoms with van der Waals surface area (Å²) in [5.41, 5.74) is 1.41. The van der Waals surface area contributed by atoms with Gasteiger partial charge in [-0.2, -0.15) is 0 Å². The van der Waals surface area contributed by atoms with Gasteiger partial charge < -0.3 is 5.32 Å². The van der Waals surface area contributed by atoms with Crippen molar-refractivity contribution in [3.63, 3.8) is 0 Å². The molecule has 0 radical (unpaired) electrons. The van der Waals surface area contributed by atoms with Crippen LogP contribution >= 0.6 is 23.1 Å². The zero-order valence-corrected chi connectivity index (χ0v) is 11.8. The number of nitrogens with zero attached hydrogens (tertiary/aromatic N) is 1. The minimum atomic E-state index is 0.797. The smallest absolute Gasteiger partial charge is 0.0985 e. The van der Waals surface area contributed by atoms with Crippen molar-refractivity contribution in [1.29, 1.82) is 0 Å². The molecule has 0 amide bonds. The summed E-state index contributed by atoms with van der Waals surface area (Å²) in [6.45, 7) is 2.04. The fraction of sp³-hybridized carbons (Fsp3) is 0.615. The molecule has 92 valence electrons. The summed E-state index contributed by atoms with van der Waals surface area (Å²) in [7, 11) is 0. The van der Waals surface area contributed by atoms with Crippen LogP contribution in [0.2, 0.25) is 0 Å². The third-order valence-corrected chi connectivity index (χ3v) is 5.17. The first kappa shape index (κ1) is 11.8. The first-order valence-electron chi connectivity index (χ1n) is 6.30. The molecule has 1 fully saturated rings. The molecular formula is C13H18N2S2. The van der Waals surface area contributed by atoms with Crippen molar-refractivity contribution in [3.8, 4) is 0 Å². The SMILES string of the molecule is CSC1=NCCCc2sc(CNC3CC3)cc21. The van der Waals surface area contributed by atoms with E-state index in [1.165, 1.54) is 41.2 Å². The molecular weight excluding hydrogens is 248 g/mol. The van der Waals surface area contributed by atoms with Crippen LogP contribution in [0.5, 0.6) is 0 Å². The second-order valence-corrected chi connectivity index (χ2v) is 6.72. The van der Waals surface area contributed by atoms with Gasteiger partial charge in [-0.25, -0.2) is 0 Å². The first-order valence-corrected chi connectivity index (χ1v) is 8.34. The summed E-state index contributed by atoms with van der Waals surface area (Å²) in [5.74, 6) is 0. The van der Waals surface area contributed by atoms with Crippen molar-refractivity contribution in [3.05, 3.63) is 21.4 Å². The molecule has 2 nitrogen and oxygen atoms in total. The van der Waals surface area contributed by atoms with E-state index in [-0.39, 0.29) is 0 Å². The molecule has 1 aliphatic heterocycles. The number of thioether (sulfide) groups is 1. The number of hydrogen-bond acceptors (Lipinski definition) is 4. The maximum absolute atomic E-state index is 4.67. The van der Waals surface area contributed by atoms with Crippen molar-refractivity contribution in [2.24, 2.45) is 4.99 Å². The van der Waals surface area contributed by atoms with Crippen LogP contribution in [0.4, 0.5) is 0 Å². The van der Waals surface area contributed by atoms with Crippen molar-refractivity contribution < 1.29 is 0 Å². The lowest BCUT2D eigenvalue weighted by Gasteiger charge is -1.99. The number of aliphatic imine (C=N–C) groups is 1. The number of rotatable bonds is 3. The Morgan fingerprint density at radius 1 is 1.53 bits per heavy atom. The third kappa shape index (κ3) is 2.75. The van der Waals surface area contributed by atoms with E-state index in [2.05, 4.69) is 22.6 Å². The average Bonchev–Trinajstić information content (AvgIpc) is 3.12. The molecule has 0 spiro atoms. The molecule has 0 unspecified atom stereocenters. The summed E-state index contributed by atoms with van der Waals surface area (Å²) in [6.07, 6.45) is 7.27. The quantitative estimate of drug-likeness (QED) is 0.909. The Morgan fingerprint density at radius 3 is 3.18 bits per heavy atom. The van der Waals surface area contributed by atoms with Crippen LogP contribution in [0.15, 0.2) is 11.1 Å². The zero-order valence-electron chi connectivity index (χ0n) is 10.2. The maximum atomic E-state index is 4.67. The van der Waals surface area contributed by atoms with E-state index < -0.39 is 0 Å². The molecule has 3 rings (SSSR count). The predicted octanol–water partition coefficient (Wildman–Crippen LogP) is 3.06. The minimum absolute atomic E-state index is 0.797. The van der Waals surface area contributed by atoms with Crippen LogP contribution in [0.25, 0.3) is 0 Å². The lowest BCUT2D eigenvalue weighted by molar-refractivity contribution is 0.695. The van der Waals surface area contributed by atoms with Gasteiger partial charge in [0.2, 0.25) is 0 Å². The topological polar surface area (TPSA) is 24.4 Å². The zero-order chi connectivity index (χ0) is 11.7. The van der Waals surface area contributed by atoms with Gasteiger partial charge in [0.25, 0.3) is 0 Å². The Hall–Kier alpha value is -0.320. The highest BCUT2D eigenvalue weighted by atomic mass is 32.2. The summed E-state index contributed by atoms with van der Waals surface area (Å²) in [5, 5.41) is 4.84. The van der Waals surface area contributed by atoms with Gasteiger partial charge in [0.15, 0.2) is 0 Å². The second kappa shape index (κ2) is 5.12. The standard InChI is InChI=1S/C13H18N2S2/c1-16-13-11-7-10(8-15-9-4-5-9)17-12(11)3-2-6-14-13/h7,9,15H,2-6,8H2,1H3. The molecule has 2 aliphatic rings. The third-order valence-electron chi connectivity index (χ3n) is 3.24. The van der Waals surface area contributed by atoms with E-state index in [0.717, 1.165) is 19.1 Å². The van der Waals surface area contributed by atoms with E-state index in [0.29, 0.717) is 0 Å². The molecule has 1 N–H and O–H groups in total. The highest BCUT2D eigenvalue weighted by molar-refractivity contribution is 8.13. The van der Waals surface area contributed by atoms with Crippen LogP contribution in [-0.4, -0.2) is 23.9 Å². The summed E-state index contributed by atoms with van der Waals surface area (Å²) >= 11 is 3.77. The Morgan fingerprint density at radius 2 is 2.41 bits per heavy atom. The van der Waals surface area contributed by atoms with E-state index in [1.807, 2.05) is 11.3 Å². The molecule has 1 aromatic heterocycles. The summed E-state index contributed by atoms with van der Waals surface area (Å²) in [6, 6.07) is 3.15. The molecule has 2 heterocycles. The lowest BCUT2D eigenvalue weighted by atomic mass is 10.2. The number of fused-ring (bicyclic) bond motifs is 1. The molecule has 17 heavy (non-hydrogen) atoms. The van der Waals surface area contributed by atoms with Crippen LogP contribution < -0.4 is 5.32 Å². The highest BCUT2D eigenvalue weighted by Crippen LogP contribution is 2.30. The number of aryl methyl sites for hydroxylation is 1. The highest BCUT2D eigenvalue weighted by Gasteiger charge is 2.21. The monoisotopic (exact) mass is 266 g/mol. The van der Waals surface area contributed by atoms with Gasteiger partial charge in [-0.1, -0.05) is 0 Å². The van der Waals surface area contributed by atoms with Crippen LogP contribution in [0.1, 0.15) is 34.6 Å². The van der Waals surface area contributed by atoms with Gasteiger partial charge in [0.05, 0.1) is 5.04 Å². The molecule has 1 aromatic rings. The average molecular weight is 266 g/mol. The number of thiophene rings is 1. The van der Waals surface area contributed by atoms with Crippen LogP contribution in [-0.2, 0) is 13.0 Å². The van der Waals surface area contributed by atoms with Crippen molar-refractivity contribution in [2.75, 3.05) is 12.8 Å². The first-order chi connectivity index (χ1) is 8.36. The van der Waals surface area contributed by atoms with Gasteiger partial charge in [0.1, 0.15) is 0 Å². The Labute approximate surface area is 111 Å². The molecule has 1 saturated carbocycles. The lowest BCUT2D eigenvalue weighted by Crippen LogP contribution is -2.14. The fourth-order valence-electron chi connectivity index (χ4n) is 2.15. The molecule has 0 bridgehead atoms. The Kier molecular flexibility index (Phi) is 3.54. The van der Waals surface area contributed by atoms with Crippen molar-refractivity contribution in [2.45, 2.75) is 38.3 Å². The van der Waals surface area contributed by atoms with Gasteiger partial charge in [-0.3, -0.25) is 4.99 Å². The molecule has 4 heteroatoms. The van der Waals surface area contributed by atoms with E-state index in [1.54, 1.807) is 16.6 Å². The molecule has 0 saturated heterocycles. The van der Waals surface area contributed by atoms with Crippen molar-refractivity contribution in [1.82, 2.24) is 5.32 Å². The Balaban J connectivity index is 1.79. The second-order valence-electron chi connectivity index (χ2n) is 4.70. The van der Waals surface area contributed by atoms with Gasteiger partial charge in [-0.05, 0) is 38.0 Å². The maximum Gasteiger partial charge on any atom is 0.0985 e. The van der Waals surface area contributed by atoms with Gasteiger partial charge in [-0.15, -0.1) is 23.1 Å². The van der Waals surface area contributed by atoms with E-state index in [9.17, 15) is 0 Å². The largest absolute Gasteiger partial charge is 0.309 e. The summed E-state index contributed by atoms with van der Waals surface area (Å²) < 4.78 is 0. The van der Waals surface area contributed by atoms with Crippen LogP contribution in [0, 0.1) is 0 Å². The predicted molar refractivity (Wildman–Crippen MR) is 77.4 cm³/mol. The van der Waals surface area contributed by atoms with E-state index >= 15 is 0 Å². The number of hydrogen-bond donors (Lipinski definition) is 1. The van der Waals surface area contributed by atoms with Gasteiger partial charge >= 0.3 is 0 Å². The Bertz CT molecular complexity index is 433. The van der Waals surface area contributed by atoms with Crippen LogP contribution in [0.3, 0.4) is 0 Å². The van der Waals surface area contributed by atoms with Crippen molar-refractivity contribution >= 4 is 28.1 Å². The minimum Gasteiger partial charge on any atom is -0.309 e. The fourth-order valence-corrected chi connectivity index (χ4v) is 4.00. The number of nitrogens with one attached hydrogen (secondary N) is 1.